The molecule has 1 N–H and O–H groups in total. The third kappa shape index (κ3) is 2.62. The van der Waals surface area contributed by atoms with Crippen LogP contribution in [-0.2, 0) is 0 Å². The van der Waals surface area contributed by atoms with Gasteiger partial charge in [-0.2, -0.15) is 0 Å². The summed E-state index contributed by atoms with van der Waals surface area (Å²) in [7, 11) is 0. The first-order valence-electron chi connectivity index (χ1n) is 6.03. The minimum atomic E-state index is -0.140. The Hall–Kier alpha value is -2.03. The number of rotatable bonds is 3. The molecule has 3 nitrogen and oxygen atoms in total. The second-order valence-corrected chi connectivity index (χ2v) is 4.62. The van der Waals surface area contributed by atoms with Gasteiger partial charge >= 0.3 is 0 Å². The summed E-state index contributed by atoms with van der Waals surface area (Å²) in [6.45, 7) is 6.06. The summed E-state index contributed by atoms with van der Waals surface area (Å²) < 4.78 is 5.11. The van der Waals surface area contributed by atoms with Crippen molar-refractivity contribution in [2.45, 2.75) is 26.7 Å². The van der Waals surface area contributed by atoms with Crippen molar-refractivity contribution in [3.63, 3.8) is 0 Å². The number of benzene rings is 1. The Morgan fingerprint density at radius 3 is 2.33 bits per heavy atom. The van der Waals surface area contributed by atoms with Crippen LogP contribution in [0, 0.1) is 6.92 Å². The second kappa shape index (κ2) is 5.08. The molecular weight excluding hydrogens is 226 g/mol. The van der Waals surface area contributed by atoms with E-state index in [9.17, 15) is 4.79 Å². The Kier molecular flexibility index (Phi) is 3.51. The molecule has 0 saturated heterocycles. The van der Waals surface area contributed by atoms with Crippen molar-refractivity contribution in [2.75, 3.05) is 5.32 Å². The molecule has 0 spiro atoms. The van der Waals surface area contributed by atoms with Crippen LogP contribution in [0.1, 0.15) is 41.4 Å². The molecule has 94 valence electrons. The Bertz CT molecular complexity index is 538. The van der Waals surface area contributed by atoms with Crippen molar-refractivity contribution in [1.29, 1.82) is 0 Å². The molecule has 3 heteroatoms. The highest BCUT2D eigenvalue weighted by Crippen LogP contribution is 2.18. The van der Waals surface area contributed by atoms with Crippen LogP contribution in [0.2, 0.25) is 0 Å². The van der Waals surface area contributed by atoms with E-state index in [1.807, 2.05) is 24.3 Å². The van der Waals surface area contributed by atoms with Crippen LogP contribution in [0.3, 0.4) is 0 Å². The van der Waals surface area contributed by atoms with Crippen molar-refractivity contribution < 1.29 is 9.21 Å². The summed E-state index contributed by atoms with van der Waals surface area (Å²) in [6.07, 6.45) is 1.52. The molecule has 2 aromatic rings. The molecule has 2 rings (SSSR count). The van der Waals surface area contributed by atoms with Crippen LogP contribution < -0.4 is 5.32 Å². The molecule has 0 fully saturated rings. The first-order valence-corrected chi connectivity index (χ1v) is 6.03. The fourth-order valence-electron chi connectivity index (χ4n) is 1.77. The number of hydrogen-bond donors (Lipinski definition) is 1. The summed E-state index contributed by atoms with van der Waals surface area (Å²) in [5.41, 5.74) is 2.63. The van der Waals surface area contributed by atoms with E-state index in [-0.39, 0.29) is 5.91 Å². The predicted octanol–water partition coefficient (Wildman–Crippen LogP) is 3.96. The van der Waals surface area contributed by atoms with Gasteiger partial charge in [-0.05, 0) is 36.6 Å². The van der Waals surface area contributed by atoms with E-state index < -0.39 is 0 Å². The monoisotopic (exact) mass is 243 g/mol. The topological polar surface area (TPSA) is 42.2 Å². The largest absolute Gasteiger partial charge is 0.469 e. The van der Waals surface area contributed by atoms with Crippen LogP contribution >= 0.6 is 0 Å². The molecule has 0 saturated carbocycles. The average Bonchev–Trinajstić information content (AvgIpc) is 2.76. The smallest absolute Gasteiger partial charge is 0.259 e. The van der Waals surface area contributed by atoms with Crippen LogP contribution in [0.4, 0.5) is 5.69 Å². The Morgan fingerprint density at radius 1 is 1.17 bits per heavy atom. The minimum absolute atomic E-state index is 0.140. The zero-order valence-electron chi connectivity index (χ0n) is 10.9. The highest BCUT2D eigenvalue weighted by molar-refractivity contribution is 6.04. The molecule has 0 bridgehead atoms. The molecular formula is C15H17NO2. The quantitative estimate of drug-likeness (QED) is 0.886. The number of aryl methyl sites for hydroxylation is 1. The second-order valence-electron chi connectivity index (χ2n) is 4.62. The van der Waals surface area contributed by atoms with Crippen molar-refractivity contribution >= 4 is 11.6 Å². The van der Waals surface area contributed by atoms with Gasteiger partial charge in [0, 0.05) is 5.69 Å². The fourth-order valence-corrected chi connectivity index (χ4v) is 1.77. The number of anilines is 1. The van der Waals surface area contributed by atoms with E-state index >= 15 is 0 Å². The van der Waals surface area contributed by atoms with Crippen LogP contribution in [0.25, 0.3) is 0 Å². The number of carbonyl (C=O) groups is 1. The maximum absolute atomic E-state index is 11.9. The molecule has 1 amide bonds. The molecule has 1 heterocycles. The summed E-state index contributed by atoms with van der Waals surface area (Å²) in [5, 5.41) is 2.85. The van der Waals surface area contributed by atoms with E-state index in [1.54, 1.807) is 13.0 Å². The maximum atomic E-state index is 11.9. The fraction of sp³-hybridized carbons (Fsp3) is 0.267. The lowest BCUT2D eigenvalue weighted by molar-refractivity contribution is 0.102. The summed E-state index contributed by atoms with van der Waals surface area (Å²) >= 11 is 0. The molecule has 1 aromatic heterocycles. The van der Waals surface area contributed by atoms with Crippen molar-refractivity contribution in [3.05, 3.63) is 53.5 Å². The number of nitrogens with one attached hydrogen (secondary N) is 1. The molecule has 1 aromatic carbocycles. The molecule has 0 unspecified atom stereocenters. The minimum Gasteiger partial charge on any atom is -0.469 e. The zero-order valence-corrected chi connectivity index (χ0v) is 10.9. The van der Waals surface area contributed by atoms with E-state index in [0.717, 1.165) is 5.69 Å². The first kappa shape index (κ1) is 12.4. The Morgan fingerprint density at radius 2 is 1.83 bits per heavy atom. The Balaban J connectivity index is 2.10. The summed E-state index contributed by atoms with van der Waals surface area (Å²) in [4.78, 5) is 11.9. The lowest BCUT2D eigenvalue weighted by atomic mass is 10.0. The van der Waals surface area contributed by atoms with Crippen molar-refractivity contribution in [1.82, 2.24) is 0 Å². The highest BCUT2D eigenvalue weighted by Gasteiger charge is 2.11. The zero-order chi connectivity index (χ0) is 13.1. The van der Waals surface area contributed by atoms with Gasteiger partial charge in [-0.25, -0.2) is 0 Å². The molecule has 0 aliphatic heterocycles. The predicted molar refractivity (Wildman–Crippen MR) is 71.9 cm³/mol. The normalized spacial score (nSPS) is 10.7. The van der Waals surface area contributed by atoms with E-state index in [1.165, 1.54) is 11.8 Å². The highest BCUT2D eigenvalue weighted by atomic mass is 16.3. The van der Waals surface area contributed by atoms with Gasteiger partial charge in [0.15, 0.2) is 0 Å². The number of hydrogen-bond acceptors (Lipinski definition) is 2. The molecule has 0 aliphatic carbocycles. The van der Waals surface area contributed by atoms with Crippen LogP contribution in [0.15, 0.2) is 41.0 Å². The molecule has 0 aliphatic rings. The van der Waals surface area contributed by atoms with Gasteiger partial charge in [0.2, 0.25) is 0 Å². The SMILES string of the molecule is Cc1occc1C(=O)Nc1ccc(C(C)C)cc1. The van der Waals surface area contributed by atoms with E-state index in [0.29, 0.717) is 17.2 Å². The van der Waals surface area contributed by atoms with E-state index in [4.69, 9.17) is 4.42 Å². The third-order valence-corrected chi connectivity index (χ3v) is 2.94. The number of amides is 1. The van der Waals surface area contributed by atoms with Gasteiger partial charge in [-0.15, -0.1) is 0 Å². The molecule has 0 atom stereocenters. The molecule has 0 radical (unpaired) electrons. The van der Waals surface area contributed by atoms with Gasteiger partial charge in [0.05, 0.1) is 11.8 Å². The average molecular weight is 243 g/mol. The first-order chi connectivity index (χ1) is 8.58. The van der Waals surface area contributed by atoms with Gasteiger partial charge in [-0.3, -0.25) is 4.79 Å². The summed E-state index contributed by atoms with van der Waals surface area (Å²) in [5.74, 6) is 0.982. The van der Waals surface area contributed by atoms with Crippen LogP contribution in [-0.4, -0.2) is 5.91 Å². The maximum Gasteiger partial charge on any atom is 0.259 e. The van der Waals surface area contributed by atoms with Gasteiger partial charge in [0.25, 0.3) is 5.91 Å². The van der Waals surface area contributed by atoms with Crippen molar-refractivity contribution in [2.24, 2.45) is 0 Å². The third-order valence-electron chi connectivity index (χ3n) is 2.94. The number of carbonyl (C=O) groups excluding carboxylic acids is 1. The lowest BCUT2D eigenvalue weighted by Crippen LogP contribution is -2.12. The molecule has 18 heavy (non-hydrogen) atoms. The number of furan rings is 1. The van der Waals surface area contributed by atoms with Gasteiger partial charge in [-0.1, -0.05) is 26.0 Å². The standard InChI is InChI=1S/C15H17NO2/c1-10(2)12-4-6-13(7-5-12)16-15(17)14-8-9-18-11(14)3/h4-10H,1-3H3,(H,16,17). The van der Waals surface area contributed by atoms with Crippen molar-refractivity contribution in [3.8, 4) is 0 Å². The van der Waals surface area contributed by atoms with E-state index in [2.05, 4.69) is 19.2 Å². The lowest BCUT2D eigenvalue weighted by Gasteiger charge is -2.08. The van der Waals surface area contributed by atoms with Gasteiger partial charge < -0.3 is 9.73 Å². The summed E-state index contributed by atoms with van der Waals surface area (Å²) in [6, 6.07) is 9.57. The Labute approximate surface area is 107 Å². The van der Waals surface area contributed by atoms with Crippen LogP contribution in [0.5, 0.6) is 0 Å². The van der Waals surface area contributed by atoms with Gasteiger partial charge in [0.1, 0.15) is 5.76 Å².